The number of nitrogens with zero attached hydrogens (tertiary/aromatic N) is 1. The monoisotopic (exact) mass is 219 g/mol. The van der Waals surface area contributed by atoms with Gasteiger partial charge in [-0.3, -0.25) is 0 Å². The third kappa shape index (κ3) is 1.89. The van der Waals surface area contributed by atoms with Crippen molar-refractivity contribution >= 4 is 5.69 Å². The summed E-state index contributed by atoms with van der Waals surface area (Å²) in [5.74, 6) is 1.59. The SMILES string of the molecule is CC(C)c1cccc2c1N(C(C)C)CCO2. The van der Waals surface area contributed by atoms with Crippen LogP contribution in [0.2, 0.25) is 0 Å². The summed E-state index contributed by atoms with van der Waals surface area (Å²) in [4.78, 5) is 2.45. The molecule has 0 fully saturated rings. The molecule has 0 unspecified atom stereocenters. The molecule has 0 spiro atoms. The molecule has 1 heterocycles. The van der Waals surface area contributed by atoms with Crippen LogP contribution in [-0.2, 0) is 0 Å². The summed E-state index contributed by atoms with van der Waals surface area (Å²) in [6.07, 6.45) is 0. The van der Waals surface area contributed by atoms with Crippen LogP contribution in [0.3, 0.4) is 0 Å². The van der Waals surface area contributed by atoms with E-state index in [0.29, 0.717) is 12.0 Å². The average molecular weight is 219 g/mol. The summed E-state index contributed by atoms with van der Waals surface area (Å²) < 4.78 is 5.75. The highest BCUT2D eigenvalue weighted by atomic mass is 16.5. The van der Waals surface area contributed by atoms with Crippen molar-refractivity contribution in [2.45, 2.75) is 39.7 Å². The van der Waals surface area contributed by atoms with Crippen molar-refractivity contribution in [3.8, 4) is 5.75 Å². The lowest BCUT2D eigenvalue weighted by molar-refractivity contribution is 0.302. The van der Waals surface area contributed by atoms with Gasteiger partial charge in [-0.2, -0.15) is 0 Å². The molecular formula is C14H21NO. The van der Waals surface area contributed by atoms with Crippen LogP contribution < -0.4 is 9.64 Å². The Hall–Kier alpha value is -1.18. The number of rotatable bonds is 2. The molecule has 1 aliphatic rings. The topological polar surface area (TPSA) is 12.5 Å². The number of benzene rings is 1. The number of anilines is 1. The fraction of sp³-hybridized carbons (Fsp3) is 0.571. The molecule has 0 aliphatic carbocycles. The predicted octanol–water partition coefficient (Wildman–Crippen LogP) is 3.42. The van der Waals surface area contributed by atoms with Crippen molar-refractivity contribution in [1.29, 1.82) is 0 Å². The summed E-state index contributed by atoms with van der Waals surface area (Å²) in [6.45, 7) is 10.8. The zero-order valence-electron chi connectivity index (χ0n) is 10.7. The Balaban J connectivity index is 2.51. The molecule has 0 radical (unpaired) electrons. The summed E-state index contributed by atoms with van der Waals surface area (Å²) in [6, 6.07) is 6.92. The van der Waals surface area contributed by atoms with E-state index in [1.807, 2.05) is 0 Å². The highest BCUT2D eigenvalue weighted by Crippen LogP contribution is 2.39. The van der Waals surface area contributed by atoms with E-state index < -0.39 is 0 Å². The van der Waals surface area contributed by atoms with Crippen molar-refractivity contribution in [3.63, 3.8) is 0 Å². The molecule has 0 saturated carbocycles. The minimum absolute atomic E-state index is 0.530. The van der Waals surface area contributed by atoms with Crippen LogP contribution in [0, 0.1) is 0 Å². The fourth-order valence-electron chi connectivity index (χ4n) is 2.31. The standard InChI is InChI=1S/C14H21NO/c1-10(2)12-6-5-7-13-14(12)15(11(3)4)8-9-16-13/h5-7,10-11H,8-9H2,1-4H3. The van der Waals surface area contributed by atoms with E-state index in [9.17, 15) is 0 Å². The molecule has 0 saturated heterocycles. The Morgan fingerprint density at radius 2 is 1.94 bits per heavy atom. The molecule has 1 aliphatic heterocycles. The van der Waals surface area contributed by atoms with Crippen molar-refractivity contribution < 1.29 is 4.74 Å². The molecule has 1 aromatic carbocycles. The first-order chi connectivity index (χ1) is 7.61. The van der Waals surface area contributed by atoms with E-state index in [4.69, 9.17) is 4.74 Å². The van der Waals surface area contributed by atoms with Gasteiger partial charge in [-0.05, 0) is 31.4 Å². The third-order valence-electron chi connectivity index (χ3n) is 3.15. The summed E-state index contributed by atoms with van der Waals surface area (Å²) >= 11 is 0. The van der Waals surface area contributed by atoms with E-state index in [-0.39, 0.29) is 0 Å². The van der Waals surface area contributed by atoms with Gasteiger partial charge in [-0.15, -0.1) is 0 Å². The maximum Gasteiger partial charge on any atom is 0.142 e. The van der Waals surface area contributed by atoms with Gasteiger partial charge >= 0.3 is 0 Å². The molecule has 88 valence electrons. The first kappa shape index (κ1) is 11.3. The van der Waals surface area contributed by atoms with E-state index in [1.54, 1.807) is 0 Å². The lowest BCUT2D eigenvalue weighted by Crippen LogP contribution is -2.38. The molecule has 0 bridgehead atoms. The van der Waals surface area contributed by atoms with Gasteiger partial charge in [0.1, 0.15) is 12.4 Å². The van der Waals surface area contributed by atoms with Gasteiger partial charge in [0.2, 0.25) is 0 Å². The molecule has 0 N–H and O–H groups in total. The van der Waals surface area contributed by atoms with Crippen LogP contribution in [0.1, 0.15) is 39.2 Å². The Bertz CT molecular complexity index is 371. The summed E-state index contributed by atoms with van der Waals surface area (Å²) in [7, 11) is 0. The summed E-state index contributed by atoms with van der Waals surface area (Å²) in [5, 5.41) is 0. The van der Waals surface area contributed by atoms with Crippen LogP contribution in [0.25, 0.3) is 0 Å². The zero-order valence-corrected chi connectivity index (χ0v) is 10.7. The van der Waals surface area contributed by atoms with Crippen LogP contribution >= 0.6 is 0 Å². The molecule has 2 rings (SSSR count). The van der Waals surface area contributed by atoms with Crippen LogP contribution in [0.5, 0.6) is 5.75 Å². The Kier molecular flexibility index (Phi) is 3.08. The van der Waals surface area contributed by atoms with Gasteiger partial charge in [0, 0.05) is 6.04 Å². The smallest absolute Gasteiger partial charge is 0.142 e. The van der Waals surface area contributed by atoms with Crippen molar-refractivity contribution in [2.75, 3.05) is 18.1 Å². The Morgan fingerprint density at radius 1 is 1.19 bits per heavy atom. The maximum absolute atomic E-state index is 5.75. The lowest BCUT2D eigenvalue weighted by Gasteiger charge is -2.36. The second-order valence-electron chi connectivity index (χ2n) is 4.98. The van der Waals surface area contributed by atoms with E-state index in [0.717, 1.165) is 18.9 Å². The van der Waals surface area contributed by atoms with Gasteiger partial charge in [0.25, 0.3) is 0 Å². The van der Waals surface area contributed by atoms with E-state index in [2.05, 4.69) is 50.8 Å². The minimum atomic E-state index is 0.530. The number of hydrogen-bond donors (Lipinski definition) is 0. The van der Waals surface area contributed by atoms with Crippen LogP contribution in [0.15, 0.2) is 18.2 Å². The predicted molar refractivity (Wildman–Crippen MR) is 68.5 cm³/mol. The Labute approximate surface area is 98.2 Å². The highest BCUT2D eigenvalue weighted by Gasteiger charge is 2.24. The third-order valence-corrected chi connectivity index (χ3v) is 3.15. The minimum Gasteiger partial charge on any atom is -0.490 e. The number of para-hydroxylation sites is 1. The first-order valence-electron chi connectivity index (χ1n) is 6.13. The van der Waals surface area contributed by atoms with Gasteiger partial charge in [0.05, 0.1) is 12.2 Å². The van der Waals surface area contributed by atoms with Gasteiger partial charge in [-0.1, -0.05) is 26.0 Å². The molecule has 0 aromatic heterocycles. The molecule has 1 aromatic rings. The normalized spacial score (nSPS) is 15.2. The van der Waals surface area contributed by atoms with Crippen molar-refractivity contribution in [2.24, 2.45) is 0 Å². The number of fused-ring (bicyclic) bond motifs is 1. The van der Waals surface area contributed by atoms with Gasteiger partial charge < -0.3 is 9.64 Å². The van der Waals surface area contributed by atoms with Gasteiger partial charge in [0.15, 0.2) is 0 Å². The molecule has 16 heavy (non-hydrogen) atoms. The summed E-state index contributed by atoms with van der Waals surface area (Å²) in [5.41, 5.74) is 2.70. The first-order valence-corrected chi connectivity index (χ1v) is 6.13. The largest absolute Gasteiger partial charge is 0.490 e. The lowest BCUT2D eigenvalue weighted by atomic mass is 9.98. The number of hydrogen-bond acceptors (Lipinski definition) is 2. The average Bonchev–Trinajstić information content (AvgIpc) is 2.27. The van der Waals surface area contributed by atoms with Crippen molar-refractivity contribution in [1.82, 2.24) is 0 Å². The maximum atomic E-state index is 5.75. The molecular weight excluding hydrogens is 198 g/mol. The molecule has 2 heteroatoms. The van der Waals surface area contributed by atoms with Crippen molar-refractivity contribution in [3.05, 3.63) is 23.8 Å². The van der Waals surface area contributed by atoms with E-state index in [1.165, 1.54) is 11.3 Å². The zero-order chi connectivity index (χ0) is 11.7. The molecule has 0 amide bonds. The second-order valence-corrected chi connectivity index (χ2v) is 4.98. The number of ether oxygens (including phenoxy) is 1. The van der Waals surface area contributed by atoms with Crippen LogP contribution in [-0.4, -0.2) is 19.2 Å². The molecule has 0 atom stereocenters. The Morgan fingerprint density at radius 3 is 2.56 bits per heavy atom. The second kappa shape index (κ2) is 4.36. The van der Waals surface area contributed by atoms with Gasteiger partial charge in [-0.25, -0.2) is 0 Å². The quantitative estimate of drug-likeness (QED) is 0.755. The highest BCUT2D eigenvalue weighted by molar-refractivity contribution is 5.66. The van der Waals surface area contributed by atoms with Crippen LogP contribution in [0.4, 0.5) is 5.69 Å². The van der Waals surface area contributed by atoms with E-state index >= 15 is 0 Å². The fourth-order valence-corrected chi connectivity index (χ4v) is 2.31. The molecule has 2 nitrogen and oxygen atoms in total.